The Morgan fingerprint density at radius 1 is 1.21 bits per heavy atom. The topological polar surface area (TPSA) is 49.3 Å². The number of rotatable bonds is 8. The lowest BCUT2D eigenvalue weighted by Crippen LogP contribution is -2.43. The molecule has 0 spiro atoms. The molecule has 0 radical (unpaired) electrons. The standard InChI is InChI=1S/C16H25NO2/c1-16(2,17-15(19)10-6-7-13-18)12-11-14-8-4-3-5-9-14/h3-5,8-9,18H,6-7,10-13H2,1-2H3,(H,17,19). The van der Waals surface area contributed by atoms with Crippen molar-refractivity contribution in [1.29, 1.82) is 0 Å². The Kier molecular flexibility index (Phi) is 6.57. The van der Waals surface area contributed by atoms with Crippen molar-refractivity contribution in [3.8, 4) is 0 Å². The van der Waals surface area contributed by atoms with Crippen LogP contribution in [0, 0.1) is 0 Å². The van der Waals surface area contributed by atoms with E-state index in [-0.39, 0.29) is 18.1 Å². The highest BCUT2D eigenvalue weighted by molar-refractivity contribution is 5.76. The van der Waals surface area contributed by atoms with Gasteiger partial charge in [0.2, 0.25) is 5.91 Å². The monoisotopic (exact) mass is 263 g/mol. The van der Waals surface area contributed by atoms with Crippen LogP contribution < -0.4 is 5.32 Å². The van der Waals surface area contributed by atoms with Gasteiger partial charge >= 0.3 is 0 Å². The molecule has 0 unspecified atom stereocenters. The first-order valence-electron chi connectivity index (χ1n) is 6.99. The minimum atomic E-state index is -0.188. The maximum atomic E-state index is 11.8. The molecule has 1 amide bonds. The Bertz CT molecular complexity index is 374. The summed E-state index contributed by atoms with van der Waals surface area (Å²) < 4.78 is 0. The van der Waals surface area contributed by atoms with Crippen LogP contribution in [0.4, 0.5) is 0 Å². The predicted molar refractivity (Wildman–Crippen MR) is 77.9 cm³/mol. The lowest BCUT2D eigenvalue weighted by atomic mass is 9.95. The van der Waals surface area contributed by atoms with E-state index < -0.39 is 0 Å². The van der Waals surface area contributed by atoms with Gasteiger partial charge < -0.3 is 10.4 Å². The Morgan fingerprint density at radius 3 is 2.53 bits per heavy atom. The Balaban J connectivity index is 2.32. The average molecular weight is 263 g/mol. The number of benzene rings is 1. The van der Waals surface area contributed by atoms with Crippen molar-refractivity contribution < 1.29 is 9.90 Å². The summed E-state index contributed by atoms with van der Waals surface area (Å²) in [5.74, 6) is 0.0755. The highest BCUT2D eigenvalue weighted by Crippen LogP contribution is 2.14. The molecule has 1 aromatic carbocycles. The van der Waals surface area contributed by atoms with E-state index in [1.165, 1.54) is 5.56 Å². The van der Waals surface area contributed by atoms with Crippen LogP contribution in [-0.4, -0.2) is 23.2 Å². The summed E-state index contributed by atoms with van der Waals surface area (Å²) >= 11 is 0. The van der Waals surface area contributed by atoms with Crippen LogP contribution >= 0.6 is 0 Å². The van der Waals surface area contributed by atoms with E-state index >= 15 is 0 Å². The number of carbonyl (C=O) groups is 1. The summed E-state index contributed by atoms with van der Waals surface area (Å²) in [5, 5.41) is 11.8. The van der Waals surface area contributed by atoms with Gasteiger partial charge in [0.25, 0.3) is 0 Å². The molecule has 3 heteroatoms. The summed E-state index contributed by atoms with van der Waals surface area (Å²) in [6.07, 6.45) is 3.82. The smallest absolute Gasteiger partial charge is 0.220 e. The van der Waals surface area contributed by atoms with Crippen LogP contribution in [0.5, 0.6) is 0 Å². The number of hydrogen-bond donors (Lipinski definition) is 2. The van der Waals surface area contributed by atoms with Crippen molar-refractivity contribution in [2.75, 3.05) is 6.61 Å². The van der Waals surface area contributed by atoms with Crippen molar-refractivity contribution >= 4 is 5.91 Å². The third kappa shape index (κ3) is 6.97. The molecule has 0 atom stereocenters. The van der Waals surface area contributed by atoms with Crippen LogP contribution in [0.25, 0.3) is 0 Å². The summed E-state index contributed by atoms with van der Waals surface area (Å²) in [6, 6.07) is 10.3. The van der Waals surface area contributed by atoms with Crippen LogP contribution in [0.1, 0.15) is 45.1 Å². The van der Waals surface area contributed by atoms with Gasteiger partial charge in [0.05, 0.1) is 0 Å². The fraction of sp³-hybridized carbons (Fsp3) is 0.562. The van der Waals surface area contributed by atoms with Gasteiger partial charge in [0.15, 0.2) is 0 Å². The van der Waals surface area contributed by atoms with E-state index in [0.717, 1.165) is 19.3 Å². The fourth-order valence-electron chi connectivity index (χ4n) is 2.00. The second-order valence-corrected chi connectivity index (χ2v) is 5.60. The van der Waals surface area contributed by atoms with Crippen molar-refractivity contribution in [2.24, 2.45) is 0 Å². The number of amides is 1. The Labute approximate surface area is 116 Å². The summed E-state index contributed by atoms with van der Waals surface area (Å²) in [7, 11) is 0. The van der Waals surface area contributed by atoms with Gasteiger partial charge in [0, 0.05) is 18.6 Å². The van der Waals surface area contributed by atoms with Gasteiger partial charge in [-0.05, 0) is 45.1 Å². The maximum Gasteiger partial charge on any atom is 0.220 e. The molecule has 3 nitrogen and oxygen atoms in total. The second-order valence-electron chi connectivity index (χ2n) is 5.60. The number of hydrogen-bond acceptors (Lipinski definition) is 2. The maximum absolute atomic E-state index is 11.8. The first-order valence-corrected chi connectivity index (χ1v) is 6.99. The molecular formula is C16H25NO2. The molecule has 2 N–H and O–H groups in total. The minimum absolute atomic E-state index is 0.0755. The molecular weight excluding hydrogens is 238 g/mol. The van der Waals surface area contributed by atoms with Crippen molar-refractivity contribution in [3.05, 3.63) is 35.9 Å². The summed E-state index contributed by atoms with van der Waals surface area (Å²) in [6.45, 7) is 4.27. The van der Waals surface area contributed by atoms with E-state index in [2.05, 4.69) is 31.3 Å². The Hall–Kier alpha value is -1.35. The normalized spacial score (nSPS) is 11.3. The predicted octanol–water partition coefficient (Wildman–Crippen LogP) is 2.68. The number of aliphatic hydroxyl groups is 1. The van der Waals surface area contributed by atoms with Crippen molar-refractivity contribution in [3.63, 3.8) is 0 Å². The SMILES string of the molecule is CC(C)(CCc1ccccc1)NC(=O)CCCCO. The third-order valence-corrected chi connectivity index (χ3v) is 3.17. The number of unbranched alkanes of at least 4 members (excludes halogenated alkanes) is 1. The zero-order chi connectivity index (χ0) is 14.1. The number of aryl methyl sites for hydroxylation is 1. The molecule has 0 heterocycles. The third-order valence-electron chi connectivity index (χ3n) is 3.17. The average Bonchev–Trinajstić information content (AvgIpc) is 2.37. The molecule has 0 aliphatic carbocycles. The van der Waals surface area contributed by atoms with Crippen LogP contribution in [0.3, 0.4) is 0 Å². The van der Waals surface area contributed by atoms with Crippen molar-refractivity contribution in [1.82, 2.24) is 5.32 Å². The highest BCUT2D eigenvalue weighted by atomic mass is 16.2. The van der Waals surface area contributed by atoms with E-state index in [1.807, 2.05) is 18.2 Å². The van der Waals surface area contributed by atoms with Gasteiger partial charge in [-0.3, -0.25) is 4.79 Å². The largest absolute Gasteiger partial charge is 0.396 e. The lowest BCUT2D eigenvalue weighted by Gasteiger charge is -2.26. The van der Waals surface area contributed by atoms with E-state index in [4.69, 9.17) is 5.11 Å². The molecule has 0 aliphatic rings. The molecule has 0 saturated heterocycles. The summed E-state index contributed by atoms with van der Waals surface area (Å²) in [5.41, 5.74) is 1.11. The molecule has 106 valence electrons. The zero-order valence-corrected chi connectivity index (χ0v) is 12.0. The molecule has 0 fully saturated rings. The zero-order valence-electron chi connectivity index (χ0n) is 12.0. The van der Waals surface area contributed by atoms with E-state index in [0.29, 0.717) is 12.8 Å². The molecule has 0 aliphatic heterocycles. The van der Waals surface area contributed by atoms with Crippen LogP contribution in [0.2, 0.25) is 0 Å². The van der Waals surface area contributed by atoms with E-state index in [9.17, 15) is 4.79 Å². The quantitative estimate of drug-likeness (QED) is 0.708. The second kappa shape index (κ2) is 7.95. The molecule has 1 rings (SSSR count). The Morgan fingerprint density at radius 2 is 1.89 bits per heavy atom. The highest BCUT2D eigenvalue weighted by Gasteiger charge is 2.19. The van der Waals surface area contributed by atoms with Gasteiger partial charge in [-0.15, -0.1) is 0 Å². The lowest BCUT2D eigenvalue weighted by molar-refractivity contribution is -0.122. The molecule has 19 heavy (non-hydrogen) atoms. The molecule has 0 saturated carbocycles. The van der Waals surface area contributed by atoms with Gasteiger partial charge in [-0.2, -0.15) is 0 Å². The number of aliphatic hydroxyl groups excluding tert-OH is 1. The van der Waals surface area contributed by atoms with E-state index in [1.54, 1.807) is 0 Å². The van der Waals surface area contributed by atoms with Gasteiger partial charge in [-0.1, -0.05) is 30.3 Å². The number of nitrogens with one attached hydrogen (secondary N) is 1. The van der Waals surface area contributed by atoms with Crippen LogP contribution in [0.15, 0.2) is 30.3 Å². The van der Waals surface area contributed by atoms with Gasteiger partial charge in [0.1, 0.15) is 0 Å². The number of carbonyl (C=O) groups excluding carboxylic acids is 1. The molecule has 0 bridgehead atoms. The summed E-state index contributed by atoms with van der Waals surface area (Å²) in [4.78, 5) is 11.8. The van der Waals surface area contributed by atoms with Crippen molar-refractivity contribution in [2.45, 2.75) is 51.5 Å². The first-order chi connectivity index (χ1) is 9.03. The first kappa shape index (κ1) is 15.7. The van der Waals surface area contributed by atoms with Gasteiger partial charge in [-0.25, -0.2) is 0 Å². The molecule has 1 aromatic rings. The minimum Gasteiger partial charge on any atom is -0.396 e. The molecule has 0 aromatic heterocycles. The fourth-order valence-corrected chi connectivity index (χ4v) is 2.00. The van der Waals surface area contributed by atoms with Crippen LogP contribution in [-0.2, 0) is 11.2 Å².